The summed E-state index contributed by atoms with van der Waals surface area (Å²) in [6, 6.07) is 0. The van der Waals surface area contributed by atoms with Crippen LogP contribution in [0.15, 0.2) is 0 Å². The highest BCUT2D eigenvalue weighted by Gasteiger charge is 2.34. The zero-order valence-corrected chi connectivity index (χ0v) is 16.1. The molecule has 4 nitrogen and oxygen atoms in total. The van der Waals surface area contributed by atoms with Crippen molar-refractivity contribution in [2.45, 2.75) is 95.5 Å². The monoisotopic (exact) mass is 360 g/mol. The van der Waals surface area contributed by atoms with E-state index < -0.39 is 5.97 Å². The maximum Gasteiger partial charge on any atom is 0.306 e. The Kier molecular flexibility index (Phi) is 11.0. The van der Waals surface area contributed by atoms with Crippen LogP contribution in [0.2, 0.25) is 0 Å². The van der Waals surface area contributed by atoms with Gasteiger partial charge >= 0.3 is 5.97 Å². The van der Waals surface area contributed by atoms with Gasteiger partial charge in [-0.05, 0) is 38.0 Å². The topological polar surface area (TPSA) is 77.8 Å². The number of hydrogen-bond acceptors (Lipinski definition) is 4. The summed E-state index contributed by atoms with van der Waals surface area (Å²) >= 11 is 1.84. The van der Waals surface area contributed by atoms with Crippen molar-refractivity contribution < 1.29 is 20.1 Å². The lowest BCUT2D eigenvalue weighted by atomic mass is 9.96. The number of aliphatic hydroxyl groups excluding tert-OH is 2. The van der Waals surface area contributed by atoms with Gasteiger partial charge in [-0.2, -0.15) is 11.8 Å². The van der Waals surface area contributed by atoms with Crippen molar-refractivity contribution in [2.75, 3.05) is 5.75 Å². The van der Waals surface area contributed by atoms with Crippen LogP contribution >= 0.6 is 11.8 Å². The molecule has 1 aliphatic rings. The average Bonchev–Trinajstić information content (AvgIpc) is 2.90. The molecule has 0 radical (unpaired) electrons. The normalized spacial score (nSPS) is 26.4. The van der Waals surface area contributed by atoms with E-state index in [2.05, 4.69) is 6.92 Å². The summed E-state index contributed by atoms with van der Waals surface area (Å²) in [7, 11) is 0. The molecule has 5 heteroatoms. The fraction of sp³-hybridized carbons (Fsp3) is 0.947. The van der Waals surface area contributed by atoms with Crippen molar-refractivity contribution in [3.8, 4) is 0 Å². The Morgan fingerprint density at radius 1 is 1.17 bits per heavy atom. The molecule has 0 aliphatic heterocycles. The van der Waals surface area contributed by atoms with Crippen LogP contribution in [0, 0.1) is 11.8 Å². The van der Waals surface area contributed by atoms with Crippen LogP contribution in [0.1, 0.15) is 78.1 Å². The first-order valence-electron chi connectivity index (χ1n) is 9.66. The van der Waals surface area contributed by atoms with Crippen LogP contribution in [0.4, 0.5) is 0 Å². The van der Waals surface area contributed by atoms with Gasteiger partial charge < -0.3 is 15.3 Å². The van der Waals surface area contributed by atoms with Crippen molar-refractivity contribution in [3.05, 3.63) is 0 Å². The predicted octanol–water partition coefficient (Wildman–Crippen LogP) is 4.08. The fourth-order valence-corrected chi connectivity index (χ4v) is 4.99. The maximum absolute atomic E-state index is 10.8. The maximum atomic E-state index is 10.8. The number of carboxylic acids is 1. The lowest BCUT2D eigenvalue weighted by Crippen LogP contribution is -2.22. The van der Waals surface area contributed by atoms with Gasteiger partial charge in [0.2, 0.25) is 0 Å². The predicted molar refractivity (Wildman–Crippen MR) is 100 cm³/mol. The van der Waals surface area contributed by atoms with Gasteiger partial charge in [-0.25, -0.2) is 0 Å². The van der Waals surface area contributed by atoms with Crippen molar-refractivity contribution in [2.24, 2.45) is 11.8 Å². The number of aliphatic hydroxyl groups is 2. The highest BCUT2D eigenvalue weighted by molar-refractivity contribution is 7.99. The summed E-state index contributed by atoms with van der Waals surface area (Å²) in [5.74, 6) is 0.156. The molecule has 0 aromatic rings. The second kappa shape index (κ2) is 12.2. The molecule has 0 spiro atoms. The van der Waals surface area contributed by atoms with E-state index in [9.17, 15) is 15.0 Å². The number of carboxylic acid groups (broad SMARTS) is 1. The minimum Gasteiger partial charge on any atom is -0.481 e. The number of carbonyl (C=O) groups is 1. The second-order valence-corrected chi connectivity index (χ2v) is 8.63. The molecule has 5 atom stereocenters. The van der Waals surface area contributed by atoms with Crippen molar-refractivity contribution in [1.29, 1.82) is 0 Å². The van der Waals surface area contributed by atoms with Gasteiger partial charge in [0.25, 0.3) is 0 Å². The first kappa shape index (κ1) is 21.8. The Hall–Kier alpha value is -0.260. The van der Waals surface area contributed by atoms with Gasteiger partial charge in [0.15, 0.2) is 0 Å². The molecular weight excluding hydrogens is 324 g/mol. The molecule has 1 aliphatic carbocycles. The van der Waals surface area contributed by atoms with E-state index >= 15 is 0 Å². The molecule has 0 saturated heterocycles. The van der Waals surface area contributed by atoms with Crippen LogP contribution < -0.4 is 0 Å². The summed E-state index contributed by atoms with van der Waals surface area (Å²) in [5, 5.41) is 29.6. The van der Waals surface area contributed by atoms with Gasteiger partial charge in [0.1, 0.15) is 0 Å². The number of hydrogen-bond donors (Lipinski definition) is 3. The molecule has 5 unspecified atom stereocenters. The van der Waals surface area contributed by atoms with Crippen LogP contribution in [-0.2, 0) is 4.79 Å². The molecule has 0 bridgehead atoms. The van der Waals surface area contributed by atoms with E-state index in [-0.39, 0.29) is 18.1 Å². The molecule has 1 rings (SSSR count). The minimum atomic E-state index is -0.709. The Morgan fingerprint density at radius 2 is 1.92 bits per heavy atom. The lowest BCUT2D eigenvalue weighted by molar-refractivity contribution is -0.141. The van der Waals surface area contributed by atoms with Gasteiger partial charge in [-0.3, -0.25) is 4.79 Å². The molecule has 142 valence electrons. The number of thioether (sulfide) groups is 1. The van der Waals surface area contributed by atoms with Crippen LogP contribution in [-0.4, -0.2) is 44.5 Å². The van der Waals surface area contributed by atoms with E-state index in [1.807, 2.05) is 11.8 Å². The molecule has 0 aromatic carbocycles. The van der Waals surface area contributed by atoms with Crippen molar-refractivity contribution in [3.63, 3.8) is 0 Å². The van der Waals surface area contributed by atoms with Crippen LogP contribution in [0.3, 0.4) is 0 Å². The van der Waals surface area contributed by atoms with Crippen LogP contribution in [0.25, 0.3) is 0 Å². The Labute approximate surface area is 151 Å². The van der Waals surface area contributed by atoms with Crippen LogP contribution in [0.5, 0.6) is 0 Å². The average molecular weight is 361 g/mol. The Morgan fingerprint density at radius 3 is 2.58 bits per heavy atom. The number of aliphatic carboxylic acids is 1. The highest BCUT2D eigenvalue weighted by atomic mass is 32.2. The fourth-order valence-electron chi connectivity index (χ4n) is 3.48. The number of unbranched alkanes of at least 4 members (excludes halogenated alkanes) is 3. The van der Waals surface area contributed by atoms with E-state index in [1.54, 1.807) is 6.92 Å². The van der Waals surface area contributed by atoms with E-state index in [4.69, 9.17) is 5.11 Å². The van der Waals surface area contributed by atoms with Gasteiger partial charge in [0.05, 0.1) is 18.1 Å². The third-order valence-corrected chi connectivity index (χ3v) is 6.80. The minimum absolute atomic E-state index is 0.201. The van der Waals surface area contributed by atoms with Crippen molar-refractivity contribution >= 4 is 17.7 Å². The Bertz CT molecular complexity index is 350. The van der Waals surface area contributed by atoms with Gasteiger partial charge in [-0.15, -0.1) is 0 Å². The van der Waals surface area contributed by atoms with Gasteiger partial charge in [0, 0.05) is 11.0 Å². The zero-order valence-electron chi connectivity index (χ0n) is 15.3. The number of rotatable bonds is 13. The summed E-state index contributed by atoms with van der Waals surface area (Å²) in [4.78, 5) is 10.8. The molecular formula is C19H36O4S. The smallest absolute Gasteiger partial charge is 0.306 e. The molecule has 1 saturated carbocycles. The molecule has 0 amide bonds. The summed E-state index contributed by atoms with van der Waals surface area (Å²) < 4.78 is 0. The molecule has 24 heavy (non-hydrogen) atoms. The largest absolute Gasteiger partial charge is 0.481 e. The zero-order chi connectivity index (χ0) is 17.9. The SMILES string of the molecule is CCCCC(O)CSC1CCC(O)C1CCCCCC(C)C(=O)O. The highest BCUT2D eigenvalue weighted by Crippen LogP contribution is 2.39. The van der Waals surface area contributed by atoms with Gasteiger partial charge in [-0.1, -0.05) is 46.0 Å². The molecule has 1 fully saturated rings. The summed E-state index contributed by atoms with van der Waals surface area (Å²) in [5.41, 5.74) is 0. The standard InChI is InChI=1S/C19H36O4S/c1-3-4-9-15(20)13-24-18-12-11-17(21)16(18)10-7-5-6-8-14(2)19(22)23/h14-18,20-21H,3-13H2,1-2H3,(H,22,23). The molecule has 3 N–H and O–H groups in total. The molecule has 0 aromatic heterocycles. The summed E-state index contributed by atoms with van der Waals surface area (Å²) in [6.45, 7) is 3.90. The second-order valence-electron chi connectivity index (χ2n) is 7.35. The van der Waals surface area contributed by atoms with E-state index in [1.165, 1.54) is 0 Å². The van der Waals surface area contributed by atoms with Crippen molar-refractivity contribution in [1.82, 2.24) is 0 Å². The lowest BCUT2D eigenvalue weighted by Gasteiger charge is -2.23. The first-order valence-corrected chi connectivity index (χ1v) is 10.7. The quantitative estimate of drug-likeness (QED) is 0.431. The van der Waals surface area contributed by atoms with E-state index in [0.29, 0.717) is 11.2 Å². The molecule has 0 heterocycles. The first-order chi connectivity index (χ1) is 11.5. The third kappa shape index (κ3) is 8.21. The van der Waals surface area contributed by atoms with E-state index in [0.717, 1.165) is 70.0 Å². The summed E-state index contributed by atoms with van der Waals surface area (Å²) in [6.07, 6.45) is 9.39. The third-order valence-electron chi connectivity index (χ3n) is 5.21. The Balaban J connectivity index is 2.22.